The number of hydrogen-bond donors (Lipinski definition) is 0. The molecule has 7 heteroatoms. The highest BCUT2D eigenvalue weighted by atomic mass is 79.9. The second-order valence-electron chi connectivity index (χ2n) is 6.58. The number of nitrogens with zero attached hydrogens (tertiary/aromatic N) is 5. The fourth-order valence-corrected chi connectivity index (χ4v) is 4.59. The second kappa shape index (κ2) is 9.26. The summed E-state index contributed by atoms with van der Waals surface area (Å²) >= 11 is 1.57. The third kappa shape index (κ3) is 3.80. The van der Waals surface area contributed by atoms with Gasteiger partial charge in [0.1, 0.15) is 22.5 Å². The zero-order chi connectivity index (χ0) is 18.6. The lowest BCUT2D eigenvalue weighted by Gasteiger charge is -2.23. The van der Waals surface area contributed by atoms with Crippen LogP contribution in [0.1, 0.15) is 36.5 Å². The summed E-state index contributed by atoms with van der Waals surface area (Å²) in [4.78, 5) is 2.14. The van der Waals surface area contributed by atoms with Gasteiger partial charge in [-0.1, -0.05) is 54.6 Å². The van der Waals surface area contributed by atoms with Gasteiger partial charge < -0.3 is 9.47 Å². The summed E-state index contributed by atoms with van der Waals surface area (Å²) in [5.74, 6) is 1.68. The van der Waals surface area contributed by atoms with Crippen LogP contribution >= 0.6 is 28.7 Å². The van der Waals surface area contributed by atoms with Crippen LogP contribution in [0.2, 0.25) is 0 Å². The monoisotopic (exact) mass is 455 g/mol. The summed E-state index contributed by atoms with van der Waals surface area (Å²) < 4.78 is 2.13. The Morgan fingerprint density at radius 1 is 1.21 bits per heavy atom. The molecule has 144 valence electrons. The van der Waals surface area contributed by atoms with Gasteiger partial charge in [0.15, 0.2) is 5.82 Å². The standard InChI is InChI=1S/C21H21N5S.BrH/c1-2-12-25-18(16-9-5-3-6-10-16)15-27-21(25)17(14-22)20-24-23-19-11-7-4-8-13-26(19)20;/h2-3,5-6,9-10,15H,1,4,7-8,11-13H2;1H. The smallest absolute Gasteiger partial charge is 0.177 e. The van der Waals surface area contributed by atoms with Crippen LogP contribution in [0.15, 0.2) is 53.4 Å². The topological polar surface area (TPSA) is 57.7 Å². The number of aryl methyl sites for hydroxylation is 1. The molecule has 1 aromatic heterocycles. The summed E-state index contributed by atoms with van der Waals surface area (Å²) in [5.41, 5.74) is 2.79. The summed E-state index contributed by atoms with van der Waals surface area (Å²) in [5, 5.41) is 21.8. The van der Waals surface area contributed by atoms with Crippen LogP contribution in [0.4, 0.5) is 0 Å². The predicted octanol–water partition coefficient (Wildman–Crippen LogP) is 5.01. The molecule has 0 fully saturated rings. The van der Waals surface area contributed by atoms with E-state index in [1.807, 2.05) is 24.3 Å². The first-order valence-electron chi connectivity index (χ1n) is 9.21. The summed E-state index contributed by atoms with van der Waals surface area (Å²) in [7, 11) is 0. The van der Waals surface area contributed by atoms with E-state index in [0.717, 1.165) is 47.9 Å². The second-order valence-corrected chi connectivity index (χ2v) is 7.44. The molecule has 5 nitrogen and oxygen atoms in total. The van der Waals surface area contributed by atoms with Crippen molar-refractivity contribution in [1.82, 2.24) is 19.7 Å². The molecule has 3 heterocycles. The van der Waals surface area contributed by atoms with E-state index >= 15 is 0 Å². The van der Waals surface area contributed by atoms with E-state index in [1.165, 1.54) is 6.42 Å². The lowest BCUT2D eigenvalue weighted by atomic mass is 10.1. The van der Waals surface area contributed by atoms with Crippen molar-refractivity contribution in [2.75, 3.05) is 6.54 Å². The molecule has 0 bridgehead atoms. The highest BCUT2D eigenvalue weighted by molar-refractivity contribution is 8.93. The summed E-state index contributed by atoms with van der Waals surface area (Å²) in [6.07, 6.45) is 6.22. The van der Waals surface area contributed by atoms with E-state index in [0.29, 0.717) is 17.9 Å². The van der Waals surface area contributed by atoms with E-state index < -0.39 is 0 Å². The molecule has 1 aromatic carbocycles. The van der Waals surface area contributed by atoms with Crippen molar-refractivity contribution < 1.29 is 0 Å². The fraction of sp³-hybridized carbons (Fsp3) is 0.286. The van der Waals surface area contributed by atoms with Crippen LogP contribution in [-0.4, -0.2) is 26.2 Å². The van der Waals surface area contributed by atoms with Crippen molar-refractivity contribution in [3.05, 3.63) is 70.6 Å². The maximum absolute atomic E-state index is 10.00. The molecule has 0 radical (unpaired) electrons. The van der Waals surface area contributed by atoms with Gasteiger partial charge in [-0.25, -0.2) is 0 Å². The third-order valence-electron chi connectivity index (χ3n) is 4.86. The average molecular weight is 456 g/mol. The molecule has 28 heavy (non-hydrogen) atoms. The Morgan fingerprint density at radius 3 is 2.79 bits per heavy atom. The Hall–Kier alpha value is -2.30. The van der Waals surface area contributed by atoms with Crippen molar-refractivity contribution in [3.63, 3.8) is 0 Å². The molecule has 2 aliphatic heterocycles. The van der Waals surface area contributed by atoms with Gasteiger partial charge in [0.25, 0.3) is 0 Å². The van der Waals surface area contributed by atoms with E-state index in [1.54, 1.807) is 11.8 Å². The lowest BCUT2D eigenvalue weighted by molar-refractivity contribution is 0.586. The Bertz CT molecular complexity index is 955. The number of rotatable bonds is 4. The number of thioether (sulfide) groups is 1. The van der Waals surface area contributed by atoms with Gasteiger partial charge >= 0.3 is 0 Å². The number of benzene rings is 1. The van der Waals surface area contributed by atoms with Crippen molar-refractivity contribution in [2.24, 2.45) is 0 Å². The summed E-state index contributed by atoms with van der Waals surface area (Å²) in [6.45, 7) is 5.41. The average Bonchev–Trinajstić information content (AvgIpc) is 3.21. The van der Waals surface area contributed by atoms with Gasteiger partial charge in [-0.15, -0.1) is 33.8 Å². The van der Waals surface area contributed by atoms with Crippen molar-refractivity contribution in [2.45, 2.75) is 32.2 Å². The van der Waals surface area contributed by atoms with Crippen LogP contribution in [0, 0.1) is 11.3 Å². The molecule has 0 atom stereocenters. The third-order valence-corrected chi connectivity index (χ3v) is 5.85. The van der Waals surface area contributed by atoms with E-state index in [2.05, 4.69) is 49.9 Å². The molecule has 4 rings (SSSR count). The first kappa shape index (κ1) is 20.4. The Balaban J connectivity index is 0.00000225. The molecular formula is C21H22BrN5S. The SMILES string of the molecule is Br.C=CCN1C(c2ccccc2)=CSC1=C(C#N)c1nnc2n1CCCCC2. The largest absolute Gasteiger partial charge is 0.330 e. The Labute approximate surface area is 180 Å². The molecule has 0 saturated carbocycles. The highest BCUT2D eigenvalue weighted by Gasteiger charge is 2.28. The molecule has 2 aromatic rings. The number of aromatic nitrogens is 3. The van der Waals surface area contributed by atoms with Crippen molar-refractivity contribution >= 4 is 40.0 Å². The molecule has 0 amide bonds. The van der Waals surface area contributed by atoms with Crippen LogP contribution in [0.5, 0.6) is 0 Å². The maximum atomic E-state index is 10.00. The van der Waals surface area contributed by atoms with Gasteiger partial charge in [0, 0.05) is 24.9 Å². The van der Waals surface area contributed by atoms with E-state index in [4.69, 9.17) is 0 Å². The summed E-state index contributed by atoms with van der Waals surface area (Å²) in [6, 6.07) is 12.6. The molecule has 2 aliphatic rings. The minimum absolute atomic E-state index is 0. The molecule has 0 N–H and O–H groups in total. The van der Waals surface area contributed by atoms with Crippen LogP contribution in [0.3, 0.4) is 0 Å². The molecular weight excluding hydrogens is 434 g/mol. The van der Waals surface area contributed by atoms with Gasteiger partial charge in [-0.2, -0.15) is 5.26 Å². The van der Waals surface area contributed by atoms with Crippen LogP contribution in [0.25, 0.3) is 11.3 Å². The minimum Gasteiger partial charge on any atom is -0.330 e. The number of allylic oxidation sites excluding steroid dienone is 1. The van der Waals surface area contributed by atoms with E-state index in [-0.39, 0.29) is 17.0 Å². The molecule has 0 saturated heterocycles. The maximum Gasteiger partial charge on any atom is 0.177 e. The van der Waals surface area contributed by atoms with Gasteiger partial charge in [0.2, 0.25) is 0 Å². The van der Waals surface area contributed by atoms with Crippen molar-refractivity contribution in [1.29, 1.82) is 5.26 Å². The lowest BCUT2D eigenvalue weighted by Crippen LogP contribution is -2.18. The fourth-order valence-electron chi connectivity index (χ4n) is 3.55. The quantitative estimate of drug-likeness (QED) is 0.478. The Morgan fingerprint density at radius 2 is 2.04 bits per heavy atom. The van der Waals surface area contributed by atoms with Gasteiger partial charge in [0.05, 0.1) is 5.70 Å². The Kier molecular flexibility index (Phi) is 6.76. The first-order chi connectivity index (χ1) is 13.3. The molecule has 0 unspecified atom stereocenters. The molecule has 0 spiro atoms. The van der Waals surface area contributed by atoms with E-state index in [9.17, 15) is 5.26 Å². The highest BCUT2D eigenvalue weighted by Crippen LogP contribution is 2.43. The van der Waals surface area contributed by atoms with Crippen molar-refractivity contribution in [3.8, 4) is 6.07 Å². The normalized spacial score (nSPS) is 17.7. The zero-order valence-corrected chi connectivity index (χ0v) is 18.1. The first-order valence-corrected chi connectivity index (χ1v) is 10.1. The molecule has 0 aliphatic carbocycles. The zero-order valence-electron chi connectivity index (χ0n) is 15.5. The van der Waals surface area contributed by atoms with Gasteiger partial charge in [-0.05, 0) is 18.4 Å². The van der Waals surface area contributed by atoms with Gasteiger partial charge in [-0.3, -0.25) is 0 Å². The number of nitriles is 1. The number of fused-ring (bicyclic) bond motifs is 1. The van der Waals surface area contributed by atoms with Crippen LogP contribution < -0.4 is 0 Å². The van der Waals surface area contributed by atoms with Crippen LogP contribution in [-0.2, 0) is 13.0 Å². The predicted molar refractivity (Wildman–Crippen MR) is 119 cm³/mol. The number of halogens is 1. The number of hydrogen-bond acceptors (Lipinski definition) is 5. The minimum atomic E-state index is 0.